The second-order valence-electron chi connectivity index (χ2n) is 5.17. The van der Waals surface area contributed by atoms with Crippen LogP contribution in [0.3, 0.4) is 0 Å². The Balaban J connectivity index is 0.000000271. The summed E-state index contributed by atoms with van der Waals surface area (Å²) in [5, 5.41) is 9.00. The Bertz CT molecular complexity index is 746. The highest BCUT2D eigenvalue weighted by atomic mass is 16.5. The van der Waals surface area contributed by atoms with E-state index in [-0.39, 0.29) is 17.7 Å². The lowest BCUT2D eigenvalue weighted by atomic mass is 10.2. The summed E-state index contributed by atoms with van der Waals surface area (Å²) in [6, 6.07) is 16.2. The molecule has 0 unspecified atom stereocenters. The molecule has 0 aromatic heterocycles. The molecule has 0 radical (unpaired) electrons. The van der Waals surface area contributed by atoms with Crippen molar-refractivity contribution in [2.75, 3.05) is 13.2 Å². The molecule has 0 spiro atoms. The van der Waals surface area contributed by atoms with E-state index < -0.39 is 0 Å². The Morgan fingerprint density at radius 1 is 0.778 bits per heavy atom. The van der Waals surface area contributed by atoms with Gasteiger partial charge in [-0.15, -0.1) is 0 Å². The zero-order valence-electron chi connectivity index (χ0n) is 15.5. The number of phenolic OH excluding ortho intramolecular Hbond substituents is 1. The van der Waals surface area contributed by atoms with E-state index in [0.717, 1.165) is 11.1 Å². The number of carbonyl (C=O) groups excluding carboxylic acids is 2. The van der Waals surface area contributed by atoms with Crippen molar-refractivity contribution in [1.29, 1.82) is 0 Å². The topological polar surface area (TPSA) is 72.8 Å². The number of phenols is 1. The Hall–Kier alpha value is -3.34. The van der Waals surface area contributed by atoms with Gasteiger partial charge in [0, 0.05) is 12.2 Å². The van der Waals surface area contributed by atoms with Gasteiger partial charge in [0.2, 0.25) is 0 Å². The van der Waals surface area contributed by atoms with Crippen molar-refractivity contribution < 1.29 is 24.2 Å². The smallest absolute Gasteiger partial charge is 0.330 e. The minimum Gasteiger partial charge on any atom is -0.508 e. The Kier molecular flexibility index (Phi) is 10.4. The van der Waals surface area contributed by atoms with Gasteiger partial charge < -0.3 is 14.6 Å². The molecule has 0 saturated carbocycles. The molecule has 0 amide bonds. The van der Waals surface area contributed by atoms with E-state index >= 15 is 0 Å². The molecule has 1 N–H and O–H groups in total. The first-order valence-corrected chi connectivity index (χ1v) is 8.59. The van der Waals surface area contributed by atoms with Crippen LogP contribution in [0.5, 0.6) is 5.75 Å². The quantitative estimate of drug-likeness (QED) is 0.610. The van der Waals surface area contributed by atoms with Crippen LogP contribution < -0.4 is 0 Å². The van der Waals surface area contributed by atoms with Crippen molar-refractivity contribution in [3.05, 3.63) is 77.9 Å². The Labute approximate surface area is 159 Å². The van der Waals surface area contributed by atoms with Gasteiger partial charge in [0.1, 0.15) is 5.75 Å². The molecule has 2 aromatic rings. The van der Waals surface area contributed by atoms with Gasteiger partial charge in [-0.3, -0.25) is 0 Å². The standard InChI is InChI=1S/C11H12O3.C11H12O2/c1-2-14-11(13)8-5-9-3-6-10(12)7-4-9;1-2-13-11(12)9-8-10-6-4-3-5-7-10/h3-8,12H,2H2,1H3;3-9H,2H2,1H3. The van der Waals surface area contributed by atoms with Crippen molar-refractivity contribution in [2.45, 2.75) is 13.8 Å². The molecule has 0 heterocycles. The fourth-order valence-corrected chi connectivity index (χ4v) is 1.86. The largest absolute Gasteiger partial charge is 0.508 e. The van der Waals surface area contributed by atoms with Crippen molar-refractivity contribution in [1.82, 2.24) is 0 Å². The average molecular weight is 368 g/mol. The lowest BCUT2D eigenvalue weighted by Crippen LogP contribution is -1.98. The molecule has 2 rings (SSSR count). The number of rotatable bonds is 6. The van der Waals surface area contributed by atoms with Crippen LogP contribution in [0.15, 0.2) is 66.7 Å². The molecular weight excluding hydrogens is 344 g/mol. The summed E-state index contributed by atoms with van der Waals surface area (Å²) in [6.45, 7) is 4.33. The number of hydrogen-bond donors (Lipinski definition) is 1. The number of esters is 2. The zero-order chi connectivity index (χ0) is 19.9. The third-order valence-corrected chi connectivity index (χ3v) is 3.09. The van der Waals surface area contributed by atoms with Gasteiger partial charge in [0.25, 0.3) is 0 Å². The van der Waals surface area contributed by atoms with Gasteiger partial charge in [-0.2, -0.15) is 0 Å². The normalized spacial score (nSPS) is 10.3. The third-order valence-electron chi connectivity index (χ3n) is 3.09. The summed E-state index contributed by atoms with van der Waals surface area (Å²) in [5.74, 6) is -0.454. The molecule has 0 fully saturated rings. The number of aromatic hydroxyl groups is 1. The van der Waals surface area contributed by atoms with Crippen molar-refractivity contribution in [3.8, 4) is 5.75 Å². The van der Waals surface area contributed by atoms with Gasteiger partial charge in [0.15, 0.2) is 0 Å². The minimum absolute atomic E-state index is 0.207. The highest BCUT2D eigenvalue weighted by Crippen LogP contribution is 2.10. The summed E-state index contributed by atoms with van der Waals surface area (Å²) in [4.78, 5) is 21.8. The summed E-state index contributed by atoms with van der Waals surface area (Å²) in [5.41, 5.74) is 1.84. The molecule has 0 aliphatic heterocycles. The second kappa shape index (κ2) is 12.9. The molecule has 2 aromatic carbocycles. The van der Waals surface area contributed by atoms with E-state index in [9.17, 15) is 9.59 Å². The first-order chi connectivity index (χ1) is 13.0. The highest BCUT2D eigenvalue weighted by molar-refractivity contribution is 5.87. The van der Waals surface area contributed by atoms with Crippen LogP contribution >= 0.6 is 0 Å². The van der Waals surface area contributed by atoms with Gasteiger partial charge in [-0.25, -0.2) is 9.59 Å². The van der Waals surface area contributed by atoms with E-state index in [2.05, 4.69) is 0 Å². The molecule has 0 bridgehead atoms. The van der Waals surface area contributed by atoms with Crippen molar-refractivity contribution in [3.63, 3.8) is 0 Å². The maximum atomic E-state index is 10.9. The van der Waals surface area contributed by atoms with Crippen LogP contribution in [0.4, 0.5) is 0 Å². The van der Waals surface area contributed by atoms with Crippen molar-refractivity contribution in [2.24, 2.45) is 0 Å². The molecule has 0 saturated heterocycles. The van der Waals surface area contributed by atoms with Crippen LogP contribution in [0.25, 0.3) is 12.2 Å². The first kappa shape index (κ1) is 21.7. The maximum absolute atomic E-state index is 10.9. The molecule has 5 heteroatoms. The number of ether oxygens (including phenoxy) is 2. The fraction of sp³-hybridized carbons (Fsp3) is 0.182. The number of benzene rings is 2. The van der Waals surface area contributed by atoms with E-state index in [1.165, 1.54) is 12.2 Å². The molecule has 5 nitrogen and oxygen atoms in total. The monoisotopic (exact) mass is 368 g/mol. The third kappa shape index (κ3) is 10.3. The highest BCUT2D eigenvalue weighted by Gasteiger charge is 1.94. The SMILES string of the molecule is CCOC(=O)C=Cc1ccc(O)cc1.CCOC(=O)C=Cc1ccccc1. The molecule has 0 aliphatic rings. The lowest BCUT2D eigenvalue weighted by molar-refractivity contribution is -0.138. The van der Waals surface area contributed by atoms with Gasteiger partial charge >= 0.3 is 11.9 Å². The maximum Gasteiger partial charge on any atom is 0.330 e. The van der Waals surface area contributed by atoms with Gasteiger partial charge in [-0.1, -0.05) is 42.5 Å². The molecule has 142 valence electrons. The summed E-state index contributed by atoms with van der Waals surface area (Å²) in [6.07, 6.45) is 6.16. The molecule has 0 atom stereocenters. The Morgan fingerprint density at radius 3 is 1.67 bits per heavy atom. The van der Waals surface area contributed by atoms with Crippen LogP contribution in [0.1, 0.15) is 25.0 Å². The second-order valence-corrected chi connectivity index (χ2v) is 5.17. The average Bonchev–Trinajstić information content (AvgIpc) is 2.68. The van der Waals surface area contributed by atoms with Crippen LogP contribution in [0, 0.1) is 0 Å². The Morgan fingerprint density at radius 2 is 1.22 bits per heavy atom. The lowest BCUT2D eigenvalue weighted by Gasteiger charge is -1.95. The van der Waals surface area contributed by atoms with Crippen LogP contribution in [0.2, 0.25) is 0 Å². The van der Waals surface area contributed by atoms with Gasteiger partial charge in [-0.05, 0) is 49.3 Å². The predicted molar refractivity (Wildman–Crippen MR) is 106 cm³/mol. The van der Waals surface area contributed by atoms with Crippen LogP contribution in [-0.2, 0) is 19.1 Å². The van der Waals surface area contributed by atoms with Crippen LogP contribution in [-0.4, -0.2) is 30.3 Å². The van der Waals surface area contributed by atoms with E-state index in [1.807, 2.05) is 30.3 Å². The number of carbonyl (C=O) groups is 2. The zero-order valence-corrected chi connectivity index (χ0v) is 15.5. The van der Waals surface area contributed by atoms with Crippen molar-refractivity contribution >= 4 is 24.1 Å². The fourth-order valence-electron chi connectivity index (χ4n) is 1.86. The molecular formula is C22H24O5. The van der Waals surface area contributed by atoms with E-state index in [0.29, 0.717) is 13.2 Å². The number of hydrogen-bond acceptors (Lipinski definition) is 5. The molecule has 27 heavy (non-hydrogen) atoms. The van der Waals surface area contributed by atoms with E-state index in [1.54, 1.807) is 50.3 Å². The summed E-state index contributed by atoms with van der Waals surface area (Å²) >= 11 is 0. The molecule has 0 aliphatic carbocycles. The van der Waals surface area contributed by atoms with E-state index in [4.69, 9.17) is 14.6 Å². The summed E-state index contributed by atoms with van der Waals surface area (Å²) < 4.78 is 9.45. The first-order valence-electron chi connectivity index (χ1n) is 8.59. The minimum atomic E-state index is -0.361. The predicted octanol–water partition coefficient (Wildman–Crippen LogP) is 4.23. The summed E-state index contributed by atoms with van der Waals surface area (Å²) in [7, 11) is 0. The van der Waals surface area contributed by atoms with Gasteiger partial charge in [0.05, 0.1) is 13.2 Å².